The summed E-state index contributed by atoms with van der Waals surface area (Å²) in [6.07, 6.45) is -2.79. The van der Waals surface area contributed by atoms with E-state index in [0.717, 1.165) is 0 Å². The molecule has 0 spiro atoms. The number of benzene rings is 1. The maximum Gasteiger partial charge on any atom is 0.284 e. The number of carbonyl (C=O) groups is 1. The van der Waals surface area contributed by atoms with Gasteiger partial charge in [0.2, 0.25) is 0 Å². The molecular weight excluding hydrogens is 290 g/mol. The zero-order valence-corrected chi connectivity index (χ0v) is 12.3. The van der Waals surface area contributed by atoms with Crippen molar-refractivity contribution in [1.29, 1.82) is 5.26 Å². The van der Waals surface area contributed by atoms with Gasteiger partial charge in [-0.3, -0.25) is 9.48 Å². The number of nitrogens with one attached hydrogen (secondary N) is 1. The van der Waals surface area contributed by atoms with Gasteiger partial charge < -0.3 is 5.32 Å². The van der Waals surface area contributed by atoms with Crippen molar-refractivity contribution in [2.45, 2.75) is 20.3 Å². The van der Waals surface area contributed by atoms with E-state index in [-0.39, 0.29) is 11.3 Å². The maximum absolute atomic E-state index is 13.0. The van der Waals surface area contributed by atoms with Gasteiger partial charge in [-0.25, -0.2) is 8.78 Å². The first-order chi connectivity index (χ1) is 10.4. The van der Waals surface area contributed by atoms with Gasteiger partial charge >= 0.3 is 0 Å². The standard InChI is InChI=1S/C15H14F2N4O/c1-8-10(7-18)5-4-6-11(8)15(22)19-12-9(2)21(3)20-13(12)14(16)17/h4-6,14H,1-3H3,(H,19,22). The van der Waals surface area contributed by atoms with Crippen LogP contribution in [0.2, 0.25) is 0 Å². The predicted molar refractivity (Wildman–Crippen MR) is 76.7 cm³/mol. The molecule has 1 aromatic heterocycles. The minimum Gasteiger partial charge on any atom is -0.319 e. The molecule has 7 heteroatoms. The van der Waals surface area contributed by atoms with Crippen molar-refractivity contribution >= 4 is 11.6 Å². The molecule has 0 saturated heterocycles. The Kier molecular flexibility index (Phi) is 4.22. The first-order valence-corrected chi connectivity index (χ1v) is 6.49. The number of amides is 1. The third-order valence-electron chi connectivity index (χ3n) is 3.51. The highest BCUT2D eigenvalue weighted by atomic mass is 19.3. The summed E-state index contributed by atoms with van der Waals surface area (Å²) in [4.78, 5) is 12.3. The van der Waals surface area contributed by atoms with Crippen LogP contribution in [0.4, 0.5) is 14.5 Å². The molecule has 0 aliphatic rings. The average molecular weight is 304 g/mol. The number of aryl methyl sites for hydroxylation is 1. The van der Waals surface area contributed by atoms with Gasteiger partial charge in [-0.2, -0.15) is 10.4 Å². The van der Waals surface area contributed by atoms with Gasteiger partial charge in [0, 0.05) is 12.6 Å². The summed E-state index contributed by atoms with van der Waals surface area (Å²) < 4.78 is 27.3. The summed E-state index contributed by atoms with van der Waals surface area (Å²) in [5.74, 6) is -0.549. The van der Waals surface area contributed by atoms with Crippen LogP contribution >= 0.6 is 0 Å². The molecule has 22 heavy (non-hydrogen) atoms. The number of hydrogen-bond donors (Lipinski definition) is 1. The molecule has 2 aromatic rings. The lowest BCUT2D eigenvalue weighted by atomic mass is 10.0. The van der Waals surface area contributed by atoms with Gasteiger partial charge in [-0.15, -0.1) is 0 Å². The van der Waals surface area contributed by atoms with Crippen molar-refractivity contribution in [1.82, 2.24) is 9.78 Å². The quantitative estimate of drug-likeness (QED) is 0.947. The molecule has 1 N–H and O–H groups in total. The van der Waals surface area contributed by atoms with Crippen molar-refractivity contribution < 1.29 is 13.6 Å². The summed E-state index contributed by atoms with van der Waals surface area (Å²) in [5.41, 5.74) is 1.10. The van der Waals surface area contributed by atoms with Gasteiger partial charge in [-0.1, -0.05) is 6.07 Å². The van der Waals surface area contributed by atoms with Crippen molar-refractivity contribution in [3.8, 4) is 6.07 Å². The fourth-order valence-corrected chi connectivity index (χ4v) is 2.12. The zero-order chi connectivity index (χ0) is 16.4. The third-order valence-corrected chi connectivity index (χ3v) is 3.51. The van der Waals surface area contributed by atoms with Gasteiger partial charge in [-0.05, 0) is 31.5 Å². The molecule has 0 aliphatic carbocycles. The van der Waals surface area contributed by atoms with Crippen molar-refractivity contribution in [3.63, 3.8) is 0 Å². The monoisotopic (exact) mass is 304 g/mol. The Morgan fingerprint density at radius 2 is 2.09 bits per heavy atom. The van der Waals surface area contributed by atoms with E-state index in [9.17, 15) is 13.6 Å². The molecule has 0 radical (unpaired) electrons. The SMILES string of the molecule is Cc1c(C#N)cccc1C(=O)Nc1c(C(F)F)nn(C)c1C. The number of nitrogens with zero attached hydrogens (tertiary/aromatic N) is 3. The van der Waals surface area contributed by atoms with E-state index in [1.165, 1.54) is 11.7 Å². The van der Waals surface area contributed by atoms with Crippen LogP contribution in [0.3, 0.4) is 0 Å². The molecule has 5 nitrogen and oxygen atoms in total. The molecule has 0 saturated carbocycles. The van der Waals surface area contributed by atoms with Crippen LogP contribution in [0.25, 0.3) is 0 Å². The maximum atomic E-state index is 13.0. The summed E-state index contributed by atoms with van der Waals surface area (Å²) in [6.45, 7) is 3.23. The van der Waals surface area contributed by atoms with E-state index in [1.54, 1.807) is 32.0 Å². The average Bonchev–Trinajstić information content (AvgIpc) is 2.76. The molecule has 0 fully saturated rings. The fourth-order valence-electron chi connectivity index (χ4n) is 2.12. The van der Waals surface area contributed by atoms with Crippen LogP contribution in [-0.4, -0.2) is 15.7 Å². The Hall–Kier alpha value is -2.75. The van der Waals surface area contributed by atoms with Crippen molar-refractivity contribution in [3.05, 3.63) is 46.3 Å². The van der Waals surface area contributed by atoms with Crippen LogP contribution in [0.5, 0.6) is 0 Å². The molecular formula is C15H14F2N4O. The fraction of sp³-hybridized carbons (Fsp3) is 0.267. The number of nitriles is 1. The lowest BCUT2D eigenvalue weighted by Gasteiger charge is -2.09. The van der Waals surface area contributed by atoms with Crippen LogP contribution in [-0.2, 0) is 7.05 Å². The lowest BCUT2D eigenvalue weighted by molar-refractivity contribution is 0.102. The summed E-state index contributed by atoms with van der Waals surface area (Å²) in [5, 5.41) is 15.2. The minimum atomic E-state index is -2.79. The van der Waals surface area contributed by atoms with E-state index in [4.69, 9.17) is 5.26 Å². The minimum absolute atomic E-state index is 0.00395. The number of hydrogen-bond acceptors (Lipinski definition) is 3. The number of anilines is 1. The summed E-state index contributed by atoms with van der Waals surface area (Å²) in [7, 11) is 1.53. The molecule has 1 aromatic carbocycles. The van der Waals surface area contributed by atoms with Gasteiger partial charge in [0.25, 0.3) is 12.3 Å². The van der Waals surface area contributed by atoms with Crippen LogP contribution in [0.1, 0.15) is 39.3 Å². The van der Waals surface area contributed by atoms with Gasteiger partial charge in [0.15, 0.2) is 5.69 Å². The van der Waals surface area contributed by atoms with E-state index >= 15 is 0 Å². The Morgan fingerprint density at radius 3 is 2.68 bits per heavy atom. The molecule has 0 unspecified atom stereocenters. The second kappa shape index (κ2) is 5.93. The van der Waals surface area contributed by atoms with Crippen LogP contribution < -0.4 is 5.32 Å². The summed E-state index contributed by atoms with van der Waals surface area (Å²) >= 11 is 0. The van der Waals surface area contributed by atoms with E-state index in [0.29, 0.717) is 16.8 Å². The number of alkyl halides is 2. The lowest BCUT2D eigenvalue weighted by Crippen LogP contribution is -2.15. The molecule has 1 amide bonds. The smallest absolute Gasteiger partial charge is 0.284 e. The van der Waals surface area contributed by atoms with E-state index in [2.05, 4.69) is 10.4 Å². The second-order valence-corrected chi connectivity index (χ2v) is 4.81. The first-order valence-electron chi connectivity index (χ1n) is 6.49. The zero-order valence-electron chi connectivity index (χ0n) is 12.3. The molecule has 114 valence electrons. The largest absolute Gasteiger partial charge is 0.319 e. The van der Waals surface area contributed by atoms with Gasteiger partial charge in [0.05, 0.1) is 23.0 Å². The number of rotatable bonds is 3. The Balaban J connectivity index is 2.41. The van der Waals surface area contributed by atoms with Gasteiger partial charge in [0.1, 0.15) is 0 Å². The highest BCUT2D eigenvalue weighted by molar-refractivity contribution is 6.06. The first kappa shape index (κ1) is 15.6. The topological polar surface area (TPSA) is 70.7 Å². The number of carbonyl (C=O) groups excluding carboxylic acids is 1. The molecule has 2 rings (SSSR count). The van der Waals surface area contributed by atoms with Crippen molar-refractivity contribution in [2.75, 3.05) is 5.32 Å². The van der Waals surface area contributed by atoms with E-state index in [1.807, 2.05) is 6.07 Å². The Morgan fingerprint density at radius 1 is 1.41 bits per heavy atom. The summed E-state index contributed by atoms with van der Waals surface area (Å²) in [6, 6.07) is 6.69. The Bertz CT molecular complexity index is 775. The van der Waals surface area contributed by atoms with Crippen LogP contribution in [0, 0.1) is 25.2 Å². The second-order valence-electron chi connectivity index (χ2n) is 4.81. The van der Waals surface area contributed by atoms with Crippen molar-refractivity contribution in [2.24, 2.45) is 7.05 Å². The third kappa shape index (κ3) is 2.68. The highest BCUT2D eigenvalue weighted by Crippen LogP contribution is 2.29. The highest BCUT2D eigenvalue weighted by Gasteiger charge is 2.23. The molecule has 0 aliphatic heterocycles. The normalized spacial score (nSPS) is 10.6. The molecule has 1 heterocycles. The number of aromatic nitrogens is 2. The molecule has 0 atom stereocenters. The number of halogens is 2. The molecule has 0 bridgehead atoms. The van der Waals surface area contributed by atoms with Crippen LogP contribution in [0.15, 0.2) is 18.2 Å². The Labute approximate surface area is 126 Å². The predicted octanol–water partition coefficient (Wildman–Crippen LogP) is 3.10. The van der Waals surface area contributed by atoms with E-state index < -0.39 is 18.0 Å².